The molecule has 33 heavy (non-hydrogen) atoms. The lowest BCUT2D eigenvalue weighted by molar-refractivity contribution is -0.142. The number of carboxylic acid groups (broad SMARTS) is 1. The molecule has 182 valence electrons. The van der Waals surface area contributed by atoms with E-state index in [0.717, 1.165) is 44.0 Å². The fraction of sp³-hybridized carbons (Fsp3) is 0.560. The number of hydrogen-bond donors (Lipinski definition) is 2. The molecule has 2 N–H and O–H groups in total. The van der Waals surface area contributed by atoms with Gasteiger partial charge in [-0.2, -0.15) is 0 Å². The second-order valence-electron chi connectivity index (χ2n) is 9.02. The summed E-state index contributed by atoms with van der Waals surface area (Å²) in [5, 5.41) is 11.6. The molecule has 1 aromatic rings. The number of carbonyl (C=O) groups excluding carboxylic acids is 2. The Morgan fingerprint density at radius 1 is 1.27 bits per heavy atom. The van der Waals surface area contributed by atoms with E-state index in [1.807, 2.05) is 12.1 Å². The topological polar surface area (TPSA) is 105 Å². The van der Waals surface area contributed by atoms with Crippen molar-refractivity contribution in [3.05, 3.63) is 41.7 Å². The van der Waals surface area contributed by atoms with Gasteiger partial charge in [0.2, 0.25) is 0 Å². The normalized spacial score (nSPS) is 20.6. The van der Waals surface area contributed by atoms with Crippen molar-refractivity contribution in [1.29, 1.82) is 0 Å². The number of amides is 1. The lowest BCUT2D eigenvalue weighted by Crippen LogP contribution is -2.45. The minimum absolute atomic E-state index is 0.0101. The summed E-state index contributed by atoms with van der Waals surface area (Å²) in [6.07, 6.45) is 5.28. The number of aliphatic carboxylic acids is 1. The Kier molecular flexibility index (Phi) is 9.46. The van der Waals surface area contributed by atoms with Crippen LogP contribution in [0.4, 0.5) is 0 Å². The van der Waals surface area contributed by atoms with Crippen molar-refractivity contribution >= 4 is 17.8 Å². The number of nitrogens with one attached hydrogen (secondary N) is 1. The number of ether oxygens (including phenoxy) is 2. The maximum absolute atomic E-state index is 12.5. The number of nitrogens with zero attached hydrogens (tertiary/aromatic N) is 1. The molecule has 0 aromatic heterocycles. The van der Waals surface area contributed by atoms with Crippen molar-refractivity contribution in [2.75, 3.05) is 27.2 Å². The Labute approximate surface area is 195 Å². The molecule has 1 unspecified atom stereocenters. The standard InChI is InChI=1S/C25H36N2O6/c1-6-25(12-7-8-13-27(4)16-25)18-10-9-11-19(14-18)33-21(28)15-20(32-5)23(29)26-22(17(2)3)24(30)31/h9-11,14-15,17,22H,6-8,12-13,16H2,1-5H3,(H,26,29)(H,30,31)/t22-,25?/m0/s1. The molecule has 2 rings (SSSR count). The van der Waals surface area contributed by atoms with Gasteiger partial charge in [-0.25, -0.2) is 9.59 Å². The van der Waals surface area contributed by atoms with Crippen molar-refractivity contribution in [3.8, 4) is 5.75 Å². The maximum atomic E-state index is 12.5. The first-order valence-electron chi connectivity index (χ1n) is 11.4. The zero-order valence-electron chi connectivity index (χ0n) is 20.2. The van der Waals surface area contributed by atoms with Crippen LogP contribution in [0.1, 0.15) is 52.0 Å². The predicted octanol–water partition coefficient (Wildman–Crippen LogP) is 3.11. The zero-order chi connectivity index (χ0) is 24.6. The molecule has 2 atom stereocenters. The van der Waals surface area contributed by atoms with E-state index in [0.29, 0.717) is 5.75 Å². The summed E-state index contributed by atoms with van der Waals surface area (Å²) in [5.41, 5.74) is 1.11. The van der Waals surface area contributed by atoms with Gasteiger partial charge in [0.15, 0.2) is 5.76 Å². The van der Waals surface area contributed by atoms with E-state index in [1.54, 1.807) is 19.9 Å². The minimum Gasteiger partial charge on any atom is -0.491 e. The smallest absolute Gasteiger partial charge is 0.340 e. The van der Waals surface area contributed by atoms with Crippen LogP contribution in [-0.4, -0.2) is 61.1 Å². The van der Waals surface area contributed by atoms with E-state index >= 15 is 0 Å². The first-order valence-corrected chi connectivity index (χ1v) is 11.4. The number of benzene rings is 1. The number of likely N-dealkylation sites (N-methyl/N-ethyl adjacent to an activating group) is 1. The predicted molar refractivity (Wildman–Crippen MR) is 125 cm³/mol. The largest absolute Gasteiger partial charge is 0.491 e. The van der Waals surface area contributed by atoms with Crippen LogP contribution in [-0.2, 0) is 24.5 Å². The van der Waals surface area contributed by atoms with E-state index in [-0.39, 0.29) is 17.1 Å². The average molecular weight is 461 g/mol. The molecule has 0 aliphatic carbocycles. The second-order valence-corrected chi connectivity index (χ2v) is 9.02. The average Bonchev–Trinajstić information content (AvgIpc) is 2.97. The Balaban J connectivity index is 2.18. The van der Waals surface area contributed by atoms with Crippen LogP contribution < -0.4 is 10.1 Å². The van der Waals surface area contributed by atoms with Crippen molar-refractivity contribution in [3.63, 3.8) is 0 Å². The van der Waals surface area contributed by atoms with Crippen LogP contribution in [0.3, 0.4) is 0 Å². The third-order valence-electron chi connectivity index (χ3n) is 6.27. The lowest BCUT2D eigenvalue weighted by Gasteiger charge is -2.35. The van der Waals surface area contributed by atoms with Crippen LogP contribution in [0.15, 0.2) is 36.1 Å². The number of carboxylic acids is 1. The molecule has 0 bridgehead atoms. The van der Waals surface area contributed by atoms with Crippen LogP contribution in [0, 0.1) is 5.92 Å². The fourth-order valence-electron chi connectivity index (χ4n) is 4.33. The number of methoxy groups -OCH3 is 1. The highest BCUT2D eigenvalue weighted by molar-refractivity contribution is 5.99. The first-order chi connectivity index (χ1) is 15.6. The summed E-state index contributed by atoms with van der Waals surface area (Å²) >= 11 is 0. The second kappa shape index (κ2) is 11.8. The third kappa shape index (κ3) is 7.05. The fourth-order valence-corrected chi connectivity index (χ4v) is 4.33. The van der Waals surface area contributed by atoms with E-state index < -0.39 is 23.9 Å². The van der Waals surface area contributed by atoms with Crippen LogP contribution in [0.5, 0.6) is 5.75 Å². The van der Waals surface area contributed by atoms with Gasteiger partial charge < -0.3 is 24.8 Å². The Hall–Kier alpha value is -2.87. The van der Waals surface area contributed by atoms with Crippen molar-refractivity contribution < 1.29 is 29.0 Å². The summed E-state index contributed by atoms with van der Waals surface area (Å²) in [4.78, 5) is 38.6. The van der Waals surface area contributed by atoms with Gasteiger partial charge in [-0.1, -0.05) is 39.3 Å². The highest BCUT2D eigenvalue weighted by atomic mass is 16.5. The number of carbonyl (C=O) groups is 3. The molecule has 0 spiro atoms. The quantitative estimate of drug-likeness (QED) is 0.252. The van der Waals surface area contributed by atoms with Crippen molar-refractivity contribution in [2.24, 2.45) is 5.92 Å². The van der Waals surface area contributed by atoms with Gasteiger partial charge in [0.1, 0.15) is 11.8 Å². The highest BCUT2D eigenvalue weighted by Gasteiger charge is 2.33. The number of hydrogen-bond acceptors (Lipinski definition) is 6. The zero-order valence-corrected chi connectivity index (χ0v) is 20.2. The van der Waals surface area contributed by atoms with E-state index in [4.69, 9.17) is 9.47 Å². The molecular weight excluding hydrogens is 424 g/mol. The number of likely N-dealkylation sites (tertiary alicyclic amines) is 1. The van der Waals surface area contributed by atoms with Gasteiger partial charge in [-0.15, -0.1) is 0 Å². The molecular formula is C25H36N2O6. The van der Waals surface area contributed by atoms with Crippen molar-refractivity contribution in [2.45, 2.75) is 57.9 Å². The molecule has 0 saturated carbocycles. The Morgan fingerprint density at radius 2 is 2.00 bits per heavy atom. The Bertz CT molecular complexity index is 881. The van der Waals surface area contributed by atoms with Gasteiger partial charge >= 0.3 is 11.9 Å². The molecule has 1 fully saturated rings. The summed E-state index contributed by atoms with van der Waals surface area (Å²) in [6, 6.07) is 6.42. The monoisotopic (exact) mass is 460 g/mol. The molecule has 1 saturated heterocycles. The van der Waals surface area contributed by atoms with Crippen LogP contribution in [0.25, 0.3) is 0 Å². The van der Waals surface area contributed by atoms with E-state index in [2.05, 4.69) is 30.3 Å². The summed E-state index contributed by atoms with van der Waals surface area (Å²) in [7, 11) is 3.37. The molecule has 1 aromatic carbocycles. The number of rotatable bonds is 9. The van der Waals surface area contributed by atoms with Crippen LogP contribution in [0.2, 0.25) is 0 Å². The molecule has 1 aliphatic heterocycles. The Morgan fingerprint density at radius 3 is 2.61 bits per heavy atom. The number of esters is 1. The van der Waals surface area contributed by atoms with Gasteiger partial charge in [0.05, 0.1) is 13.2 Å². The van der Waals surface area contributed by atoms with Gasteiger partial charge in [0, 0.05) is 12.0 Å². The molecule has 0 radical (unpaired) electrons. The first kappa shape index (κ1) is 26.4. The maximum Gasteiger partial charge on any atom is 0.340 e. The SMILES string of the molecule is CCC1(c2cccc(OC(=O)C=C(OC)C(=O)N[C@H](C(=O)O)C(C)C)c2)CCCCN(C)C1. The van der Waals surface area contributed by atoms with Crippen LogP contribution >= 0.6 is 0 Å². The summed E-state index contributed by atoms with van der Waals surface area (Å²) in [5.74, 6) is -3.02. The van der Waals surface area contributed by atoms with Crippen molar-refractivity contribution in [1.82, 2.24) is 10.2 Å². The molecule has 1 heterocycles. The lowest BCUT2D eigenvalue weighted by atomic mass is 9.74. The van der Waals surface area contributed by atoms with E-state index in [1.165, 1.54) is 13.5 Å². The van der Waals surface area contributed by atoms with Gasteiger partial charge in [-0.05, 0) is 56.5 Å². The molecule has 8 heteroatoms. The minimum atomic E-state index is -1.16. The van der Waals surface area contributed by atoms with E-state index in [9.17, 15) is 19.5 Å². The molecule has 1 aliphatic rings. The third-order valence-corrected chi connectivity index (χ3v) is 6.27. The van der Waals surface area contributed by atoms with Gasteiger partial charge in [-0.3, -0.25) is 4.79 Å². The van der Waals surface area contributed by atoms with Gasteiger partial charge in [0.25, 0.3) is 5.91 Å². The summed E-state index contributed by atoms with van der Waals surface area (Å²) < 4.78 is 10.5. The highest BCUT2D eigenvalue weighted by Crippen LogP contribution is 2.37. The molecule has 1 amide bonds. The molecule has 8 nitrogen and oxygen atoms in total. The summed E-state index contributed by atoms with van der Waals surface area (Å²) in [6.45, 7) is 7.54.